The van der Waals surface area contributed by atoms with Gasteiger partial charge in [-0.15, -0.1) is 0 Å². The molecule has 0 spiro atoms. The van der Waals surface area contributed by atoms with Crippen LogP contribution in [0.5, 0.6) is 0 Å². The molecule has 6 heteroatoms. The number of benzene rings is 3. The van der Waals surface area contributed by atoms with Crippen LogP contribution in [0.3, 0.4) is 0 Å². The van der Waals surface area contributed by atoms with Gasteiger partial charge in [-0.3, -0.25) is 4.98 Å². The molecular weight excluding hydrogens is 508 g/mol. The molecule has 0 aliphatic carbocycles. The number of para-hydroxylation sites is 1. The molecule has 6 nitrogen and oxygen atoms in total. The molecule has 0 saturated heterocycles. The van der Waals surface area contributed by atoms with E-state index in [0.717, 1.165) is 77.0 Å². The van der Waals surface area contributed by atoms with E-state index >= 15 is 0 Å². The van der Waals surface area contributed by atoms with Gasteiger partial charge < -0.3 is 14.2 Å². The summed E-state index contributed by atoms with van der Waals surface area (Å²) in [5, 5.41) is 1.04. The maximum absolute atomic E-state index is 13.6. The lowest BCUT2D eigenvalue weighted by Gasteiger charge is -2.32. The van der Waals surface area contributed by atoms with Crippen molar-refractivity contribution >= 4 is 22.6 Å². The van der Waals surface area contributed by atoms with Gasteiger partial charge in [0.25, 0.3) is 0 Å². The second-order valence-corrected chi connectivity index (χ2v) is 10.6. The SMILES string of the molecule is CCCCn1c(-c2ccccc2)c(C2(c3ccc(N(CC)CC)cc3C)OC(=O)c3nccnc32)c2ccccc21. The number of fused-ring (bicyclic) bond motifs is 2. The lowest BCUT2D eigenvalue weighted by molar-refractivity contribution is 0.0245. The normalized spacial score (nSPS) is 16.1. The zero-order chi connectivity index (χ0) is 28.6. The molecule has 1 unspecified atom stereocenters. The van der Waals surface area contributed by atoms with E-state index in [-0.39, 0.29) is 5.69 Å². The molecule has 0 radical (unpaired) electrons. The number of aromatic nitrogens is 3. The molecule has 0 bridgehead atoms. The third kappa shape index (κ3) is 4.21. The third-order valence-corrected chi connectivity index (χ3v) is 8.29. The minimum absolute atomic E-state index is 0.268. The molecule has 1 aliphatic heterocycles. The highest BCUT2D eigenvalue weighted by Gasteiger charge is 2.54. The second kappa shape index (κ2) is 10.8. The van der Waals surface area contributed by atoms with Crippen LogP contribution in [0.1, 0.15) is 66.5 Å². The first-order chi connectivity index (χ1) is 20.0. The average Bonchev–Trinajstić information content (AvgIpc) is 3.50. The van der Waals surface area contributed by atoms with E-state index in [0.29, 0.717) is 5.69 Å². The zero-order valence-corrected chi connectivity index (χ0v) is 24.2. The van der Waals surface area contributed by atoms with Gasteiger partial charge in [-0.1, -0.05) is 67.9 Å². The molecule has 2 aromatic heterocycles. The van der Waals surface area contributed by atoms with Crippen LogP contribution in [0.25, 0.3) is 22.2 Å². The van der Waals surface area contributed by atoms with Gasteiger partial charge in [0.2, 0.25) is 5.60 Å². The molecule has 0 fully saturated rings. The Morgan fingerprint density at radius 1 is 0.902 bits per heavy atom. The lowest BCUT2D eigenvalue weighted by atomic mass is 9.78. The average molecular weight is 545 g/mol. The van der Waals surface area contributed by atoms with Gasteiger partial charge in [0.05, 0.1) is 5.69 Å². The minimum Gasteiger partial charge on any atom is -0.438 e. The van der Waals surface area contributed by atoms with Crippen LogP contribution in [-0.4, -0.2) is 33.6 Å². The topological polar surface area (TPSA) is 60.2 Å². The lowest BCUT2D eigenvalue weighted by Crippen LogP contribution is -2.32. The first-order valence-corrected chi connectivity index (χ1v) is 14.6. The van der Waals surface area contributed by atoms with Crippen molar-refractivity contribution in [2.45, 2.75) is 52.7 Å². The minimum atomic E-state index is -1.27. The number of hydrogen-bond donors (Lipinski definition) is 0. The number of carbonyl (C=O) groups is 1. The summed E-state index contributed by atoms with van der Waals surface area (Å²) in [6.07, 6.45) is 5.32. The van der Waals surface area contributed by atoms with Crippen LogP contribution in [0.4, 0.5) is 5.69 Å². The molecule has 6 rings (SSSR count). The van der Waals surface area contributed by atoms with E-state index in [4.69, 9.17) is 9.72 Å². The highest BCUT2D eigenvalue weighted by Crippen LogP contribution is 2.53. The van der Waals surface area contributed by atoms with Gasteiger partial charge in [-0.25, -0.2) is 9.78 Å². The van der Waals surface area contributed by atoms with E-state index in [1.807, 2.05) is 6.07 Å². The van der Waals surface area contributed by atoms with Crippen molar-refractivity contribution in [1.82, 2.24) is 14.5 Å². The Kier molecular flexibility index (Phi) is 7.08. The van der Waals surface area contributed by atoms with Crippen molar-refractivity contribution in [2.75, 3.05) is 18.0 Å². The molecule has 41 heavy (non-hydrogen) atoms. The van der Waals surface area contributed by atoms with Crippen molar-refractivity contribution in [3.05, 3.63) is 113 Å². The highest BCUT2D eigenvalue weighted by atomic mass is 16.6. The molecule has 0 saturated carbocycles. The Balaban J connectivity index is 1.76. The fraction of sp³-hybridized carbons (Fsp3) is 0.286. The predicted octanol–water partition coefficient (Wildman–Crippen LogP) is 7.52. The third-order valence-electron chi connectivity index (χ3n) is 8.29. The van der Waals surface area contributed by atoms with E-state index < -0.39 is 11.6 Å². The molecule has 208 valence electrons. The van der Waals surface area contributed by atoms with Crippen LogP contribution >= 0.6 is 0 Å². The monoisotopic (exact) mass is 544 g/mol. The standard InChI is InChI=1S/C35H36N4O2/c1-5-8-22-39-29-17-13-12-16-27(29)30(32(39)25-14-10-9-11-15-25)35(33-31(34(40)41-35)36-20-21-37-33)28-19-18-26(23-24(28)4)38(6-2)7-3/h9-21,23H,5-8,22H2,1-4H3. The van der Waals surface area contributed by atoms with Gasteiger partial charge in [0, 0.05) is 59.7 Å². The van der Waals surface area contributed by atoms with E-state index in [2.05, 4.69) is 109 Å². The van der Waals surface area contributed by atoms with Gasteiger partial charge in [0.15, 0.2) is 5.69 Å². The van der Waals surface area contributed by atoms with Crippen molar-refractivity contribution in [1.29, 1.82) is 0 Å². The molecule has 3 heterocycles. The van der Waals surface area contributed by atoms with Crippen LogP contribution in [0, 0.1) is 6.92 Å². The van der Waals surface area contributed by atoms with E-state index in [9.17, 15) is 4.79 Å². The van der Waals surface area contributed by atoms with Crippen molar-refractivity contribution in [3.8, 4) is 11.3 Å². The molecular formula is C35H36N4O2. The number of anilines is 1. The number of hydrogen-bond acceptors (Lipinski definition) is 5. The quantitative estimate of drug-likeness (QED) is 0.180. The summed E-state index contributed by atoms with van der Waals surface area (Å²) in [7, 11) is 0. The predicted molar refractivity (Wildman–Crippen MR) is 164 cm³/mol. The summed E-state index contributed by atoms with van der Waals surface area (Å²) in [5.74, 6) is -0.454. The summed E-state index contributed by atoms with van der Waals surface area (Å²) >= 11 is 0. The van der Waals surface area contributed by atoms with Crippen LogP contribution in [0.2, 0.25) is 0 Å². The second-order valence-electron chi connectivity index (χ2n) is 10.6. The molecule has 1 atom stereocenters. The number of ether oxygens (including phenoxy) is 1. The number of esters is 1. The number of carbonyl (C=O) groups excluding carboxylic acids is 1. The van der Waals surface area contributed by atoms with E-state index in [1.165, 1.54) is 0 Å². The summed E-state index contributed by atoms with van der Waals surface area (Å²) in [6, 6.07) is 25.3. The van der Waals surface area contributed by atoms with E-state index in [1.54, 1.807) is 12.4 Å². The van der Waals surface area contributed by atoms with Gasteiger partial charge in [-0.2, -0.15) is 0 Å². The Morgan fingerprint density at radius 2 is 1.63 bits per heavy atom. The molecule has 3 aromatic carbocycles. The maximum atomic E-state index is 13.6. The first-order valence-electron chi connectivity index (χ1n) is 14.6. The summed E-state index contributed by atoms with van der Waals surface area (Å²) in [4.78, 5) is 25.3. The first kappa shape index (κ1) is 26.8. The molecule has 1 aliphatic rings. The maximum Gasteiger partial charge on any atom is 0.360 e. The molecule has 0 amide bonds. The van der Waals surface area contributed by atoms with Crippen molar-refractivity contribution in [2.24, 2.45) is 0 Å². The molecule has 0 N–H and O–H groups in total. The largest absolute Gasteiger partial charge is 0.438 e. The van der Waals surface area contributed by atoms with Crippen LogP contribution < -0.4 is 4.90 Å². The summed E-state index contributed by atoms with van der Waals surface area (Å²) in [5.41, 5.74) is 6.77. The Hall–Kier alpha value is -4.45. The van der Waals surface area contributed by atoms with Crippen molar-refractivity contribution < 1.29 is 9.53 Å². The Labute approximate surface area is 241 Å². The number of cyclic esters (lactones) is 1. The summed E-state index contributed by atoms with van der Waals surface area (Å²) in [6.45, 7) is 11.3. The number of rotatable bonds is 9. The Morgan fingerprint density at radius 3 is 2.37 bits per heavy atom. The number of aryl methyl sites for hydroxylation is 2. The fourth-order valence-corrected chi connectivity index (χ4v) is 6.40. The number of unbranched alkanes of at least 4 members (excludes halogenated alkanes) is 1. The fourth-order valence-electron chi connectivity index (χ4n) is 6.40. The summed E-state index contributed by atoms with van der Waals surface area (Å²) < 4.78 is 9.02. The highest BCUT2D eigenvalue weighted by molar-refractivity contribution is 5.99. The van der Waals surface area contributed by atoms with Gasteiger partial charge >= 0.3 is 5.97 Å². The van der Waals surface area contributed by atoms with Gasteiger partial charge in [0.1, 0.15) is 5.69 Å². The van der Waals surface area contributed by atoms with Crippen LogP contribution in [0.15, 0.2) is 85.2 Å². The molecule has 5 aromatic rings. The number of nitrogens with zero attached hydrogens (tertiary/aromatic N) is 4. The van der Waals surface area contributed by atoms with Crippen LogP contribution in [-0.2, 0) is 16.9 Å². The Bertz CT molecular complexity index is 1720. The smallest absolute Gasteiger partial charge is 0.360 e. The van der Waals surface area contributed by atoms with Gasteiger partial charge in [-0.05, 0) is 56.5 Å². The van der Waals surface area contributed by atoms with Crippen molar-refractivity contribution in [3.63, 3.8) is 0 Å². The zero-order valence-electron chi connectivity index (χ0n) is 24.2.